The molecule has 3 heteroatoms. The van der Waals surface area contributed by atoms with E-state index < -0.39 is 5.54 Å². The fraction of sp³-hybridized carbons (Fsp3) is 1.00. The van der Waals surface area contributed by atoms with Crippen LogP contribution in [0.3, 0.4) is 0 Å². The summed E-state index contributed by atoms with van der Waals surface area (Å²) in [6.45, 7) is 6.35. The number of hydrogen-bond acceptors (Lipinski definition) is 3. The molecule has 0 heterocycles. The predicted molar refractivity (Wildman–Crippen MR) is 61.7 cm³/mol. The van der Waals surface area contributed by atoms with Crippen LogP contribution in [0.25, 0.3) is 0 Å². The normalized spacial score (nSPS) is 33.0. The van der Waals surface area contributed by atoms with E-state index in [9.17, 15) is 10.2 Å². The number of aliphatic hydroxyl groups is 2. The lowest BCUT2D eigenvalue weighted by molar-refractivity contribution is 0.0660. The van der Waals surface area contributed by atoms with Gasteiger partial charge >= 0.3 is 0 Å². The molecule has 0 radical (unpaired) electrons. The van der Waals surface area contributed by atoms with Crippen molar-refractivity contribution in [1.82, 2.24) is 5.32 Å². The van der Waals surface area contributed by atoms with Gasteiger partial charge in [0.05, 0.1) is 18.8 Å². The van der Waals surface area contributed by atoms with E-state index in [1.54, 1.807) is 0 Å². The minimum absolute atomic E-state index is 0.0144. The fourth-order valence-electron chi connectivity index (χ4n) is 2.51. The SMILES string of the molecule is CC1CCCC(C)C1NC(C)(CO)CO. The highest BCUT2D eigenvalue weighted by atomic mass is 16.3. The molecule has 0 aromatic carbocycles. The molecule has 0 bridgehead atoms. The Balaban J connectivity index is 2.61. The number of aliphatic hydroxyl groups excluding tert-OH is 2. The van der Waals surface area contributed by atoms with E-state index in [4.69, 9.17) is 0 Å². The summed E-state index contributed by atoms with van der Waals surface area (Å²) in [5, 5.41) is 22.0. The highest BCUT2D eigenvalue weighted by Crippen LogP contribution is 2.30. The molecular formula is C12H25NO2. The zero-order valence-electron chi connectivity index (χ0n) is 10.2. The van der Waals surface area contributed by atoms with Gasteiger partial charge in [0.15, 0.2) is 0 Å². The highest BCUT2D eigenvalue weighted by Gasteiger charge is 2.33. The third-order valence-corrected chi connectivity index (χ3v) is 3.76. The quantitative estimate of drug-likeness (QED) is 0.659. The van der Waals surface area contributed by atoms with Gasteiger partial charge in [0.2, 0.25) is 0 Å². The smallest absolute Gasteiger partial charge is 0.0633 e. The Hall–Kier alpha value is -0.120. The molecule has 1 saturated carbocycles. The Morgan fingerprint density at radius 1 is 1.13 bits per heavy atom. The molecule has 3 nitrogen and oxygen atoms in total. The van der Waals surface area contributed by atoms with E-state index in [2.05, 4.69) is 19.2 Å². The zero-order valence-corrected chi connectivity index (χ0v) is 10.2. The summed E-state index contributed by atoms with van der Waals surface area (Å²) < 4.78 is 0. The second-order valence-electron chi connectivity index (χ2n) is 5.43. The lowest BCUT2D eigenvalue weighted by Gasteiger charge is -2.41. The average Bonchev–Trinajstić information content (AvgIpc) is 2.23. The standard InChI is InChI=1S/C12H25NO2/c1-9-5-4-6-10(2)11(9)13-12(3,7-14)8-15/h9-11,13-15H,4-8H2,1-3H3. The van der Waals surface area contributed by atoms with Crippen molar-refractivity contribution in [3.05, 3.63) is 0 Å². The predicted octanol–water partition coefficient (Wildman–Crippen LogP) is 1.14. The van der Waals surface area contributed by atoms with Crippen LogP contribution in [-0.2, 0) is 0 Å². The van der Waals surface area contributed by atoms with Crippen molar-refractivity contribution >= 4 is 0 Å². The van der Waals surface area contributed by atoms with E-state index in [-0.39, 0.29) is 13.2 Å². The molecular weight excluding hydrogens is 190 g/mol. The van der Waals surface area contributed by atoms with E-state index >= 15 is 0 Å². The number of nitrogens with one attached hydrogen (secondary N) is 1. The summed E-state index contributed by atoms with van der Waals surface area (Å²) in [5.74, 6) is 1.26. The topological polar surface area (TPSA) is 52.5 Å². The molecule has 1 aliphatic rings. The van der Waals surface area contributed by atoms with E-state index in [0.717, 1.165) is 0 Å². The maximum absolute atomic E-state index is 9.27. The number of hydrogen-bond donors (Lipinski definition) is 3. The first kappa shape index (κ1) is 12.9. The van der Waals surface area contributed by atoms with Crippen LogP contribution in [0.5, 0.6) is 0 Å². The first-order valence-electron chi connectivity index (χ1n) is 6.02. The molecule has 0 amide bonds. The first-order chi connectivity index (χ1) is 7.02. The molecule has 2 atom stereocenters. The van der Waals surface area contributed by atoms with E-state index in [1.807, 2.05) is 6.92 Å². The molecule has 2 unspecified atom stereocenters. The van der Waals surface area contributed by atoms with Crippen LogP contribution >= 0.6 is 0 Å². The summed E-state index contributed by atoms with van der Waals surface area (Å²) in [6, 6.07) is 0.419. The Bertz CT molecular complexity index is 182. The summed E-state index contributed by atoms with van der Waals surface area (Å²) in [5.41, 5.74) is -0.537. The van der Waals surface area contributed by atoms with Gasteiger partial charge in [0.1, 0.15) is 0 Å². The van der Waals surface area contributed by atoms with Gasteiger partial charge in [-0.3, -0.25) is 0 Å². The van der Waals surface area contributed by atoms with Crippen LogP contribution in [0.15, 0.2) is 0 Å². The third kappa shape index (κ3) is 3.16. The van der Waals surface area contributed by atoms with Gasteiger partial charge in [-0.05, 0) is 31.6 Å². The van der Waals surface area contributed by atoms with Gasteiger partial charge in [-0.15, -0.1) is 0 Å². The Kier molecular flexibility index (Phi) is 4.56. The summed E-state index contributed by atoms with van der Waals surface area (Å²) in [6.07, 6.45) is 3.79. The van der Waals surface area contributed by atoms with Crippen LogP contribution in [0.1, 0.15) is 40.0 Å². The third-order valence-electron chi connectivity index (χ3n) is 3.76. The highest BCUT2D eigenvalue weighted by molar-refractivity contribution is 4.91. The number of rotatable bonds is 4. The van der Waals surface area contributed by atoms with Gasteiger partial charge in [0.25, 0.3) is 0 Å². The Morgan fingerprint density at radius 2 is 1.60 bits per heavy atom. The van der Waals surface area contributed by atoms with E-state index in [1.165, 1.54) is 19.3 Å². The Morgan fingerprint density at radius 3 is 2.00 bits per heavy atom. The van der Waals surface area contributed by atoms with Crippen molar-refractivity contribution in [2.75, 3.05) is 13.2 Å². The van der Waals surface area contributed by atoms with Gasteiger partial charge in [-0.25, -0.2) is 0 Å². The maximum atomic E-state index is 9.27. The van der Waals surface area contributed by atoms with Crippen molar-refractivity contribution in [2.24, 2.45) is 11.8 Å². The molecule has 0 aliphatic heterocycles. The largest absolute Gasteiger partial charge is 0.394 e. The van der Waals surface area contributed by atoms with Crippen molar-refractivity contribution in [3.8, 4) is 0 Å². The van der Waals surface area contributed by atoms with Gasteiger partial charge < -0.3 is 15.5 Å². The molecule has 1 rings (SSSR count). The van der Waals surface area contributed by atoms with Crippen molar-refractivity contribution in [3.63, 3.8) is 0 Å². The molecule has 0 spiro atoms. The molecule has 1 fully saturated rings. The lowest BCUT2D eigenvalue weighted by Crippen LogP contribution is -2.57. The van der Waals surface area contributed by atoms with Crippen LogP contribution in [-0.4, -0.2) is 35.0 Å². The summed E-state index contributed by atoms with van der Waals surface area (Å²) >= 11 is 0. The average molecular weight is 215 g/mol. The summed E-state index contributed by atoms with van der Waals surface area (Å²) in [4.78, 5) is 0. The molecule has 90 valence electrons. The lowest BCUT2D eigenvalue weighted by atomic mass is 9.77. The zero-order chi connectivity index (χ0) is 11.5. The maximum Gasteiger partial charge on any atom is 0.0633 e. The molecule has 0 saturated heterocycles. The Labute approximate surface area is 92.9 Å². The first-order valence-corrected chi connectivity index (χ1v) is 6.02. The molecule has 3 N–H and O–H groups in total. The molecule has 0 aromatic heterocycles. The molecule has 0 aromatic rings. The second-order valence-corrected chi connectivity index (χ2v) is 5.43. The molecule has 1 aliphatic carbocycles. The van der Waals surface area contributed by atoms with Crippen LogP contribution < -0.4 is 5.32 Å². The van der Waals surface area contributed by atoms with Crippen LogP contribution in [0.4, 0.5) is 0 Å². The second kappa shape index (κ2) is 5.28. The fourth-order valence-corrected chi connectivity index (χ4v) is 2.51. The van der Waals surface area contributed by atoms with Gasteiger partial charge in [-0.2, -0.15) is 0 Å². The van der Waals surface area contributed by atoms with E-state index in [0.29, 0.717) is 17.9 Å². The van der Waals surface area contributed by atoms with Crippen LogP contribution in [0.2, 0.25) is 0 Å². The van der Waals surface area contributed by atoms with Gasteiger partial charge in [-0.1, -0.05) is 20.3 Å². The molecule has 15 heavy (non-hydrogen) atoms. The van der Waals surface area contributed by atoms with Gasteiger partial charge in [0, 0.05) is 6.04 Å². The van der Waals surface area contributed by atoms with Crippen molar-refractivity contribution < 1.29 is 10.2 Å². The minimum Gasteiger partial charge on any atom is -0.394 e. The van der Waals surface area contributed by atoms with Crippen LogP contribution in [0, 0.1) is 11.8 Å². The van der Waals surface area contributed by atoms with Crippen molar-refractivity contribution in [2.45, 2.75) is 51.6 Å². The summed E-state index contributed by atoms with van der Waals surface area (Å²) in [7, 11) is 0. The van der Waals surface area contributed by atoms with Crippen molar-refractivity contribution in [1.29, 1.82) is 0 Å². The minimum atomic E-state index is -0.537. The monoisotopic (exact) mass is 215 g/mol.